The van der Waals surface area contributed by atoms with Crippen LogP contribution in [0.15, 0.2) is 30.3 Å². The molecular formula is C15H11ClF3N5O2S. The van der Waals surface area contributed by atoms with E-state index in [1.54, 1.807) is 19.1 Å². The van der Waals surface area contributed by atoms with Crippen molar-refractivity contribution in [1.29, 1.82) is 0 Å². The van der Waals surface area contributed by atoms with E-state index in [2.05, 4.69) is 20.6 Å². The monoisotopic (exact) mass is 417 g/mol. The van der Waals surface area contributed by atoms with Gasteiger partial charge in [0.1, 0.15) is 5.01 Å². The van der Waals surface area contributed by atoms with Crippen molar-refractivity contribution in [3.05, 3.63) is 46.1 Å². The Morgan fingerprint density at radius 3 is 2.70 bits per heavy atom. The average molecular weight is 418 g/mol. The number of alkyl halides is 3. The molecular weight excluding hydrogens is 407 g/mol. The van der Waals surface area contributed by atoms with Crippen LogP contribution >= 0.6 is 22.9 Å². The summed E-state index contributed by atoms with van der Waals surface area (Å²) in [6, 6.07) is 6.89. The van der Waals surface area contributed by atoms with Gasteiger partial charge in [0.15, 0.2) is 12.3 Å². The van der Waals surface area contributed by atoms with Gasteiger partial charge >= 0.3 is 6.18 Å². The minimum atomic E-state index is -4.68. The second-order valence-electron chi connectivity index (χ2n) is 5.19. The van der Waals surface area contributed by atoms with Gasteiger partial charge in [-0.15, -0.1) is 10.2 Å². The number of para-hydroxylation sites is 1. The predicted octanol–water partition coefficient (Wildman–Crippen LogP) is 3.72. The molecule has 0 aliphatic rings. The van der Waals surface area contributed by atoms with E-state index in [1.807, 2.05) is 0 Å². The normalized spacial score (nSPS) is 11.4. The smallest absolute Gasteiger partial charge is 0.435 e. The van der Waals surface area contributed by atoms with Crippen LogP contribution in [0.25, 0.3) is 5.69 Å². The van der Waals surface area contributed by atoms with E-state index in [1.165, 1.54) is 12.1 Å². The minimum absolute atomic E-state index is 0.174. The van der Waals surface area contributed by atoms with Crippen molar-refractivity contribution in [2.24, 2.45) is 0 Å². The zero-order chi connectivity index (χ0) is 19.6. The zero-order valence-corrected chi connectivity index (χ0v) is 15.2. The van der Waals surface area contributed by atoms with Crippen molar-refractivity contribution in [3.8, 4) is 11.6 Å². The zero-order valence-electron chi connectivity index (χ0n) is 13.6. The number of rotatable bonds is 5. The Balaban J connectivity index is 1.82. The first-order valence-electron chi connectivity index (χ1n) is 7.39. The van der Waals surface area contributed by atoms with Gasteiger partial charge in [-0.3, -0.25) is 10.1 Å². The summed E-state index contributed by atoms with van der Waals surface area (Å²) >= 11 is 7.19. The molecule has 3 aromatic rings. The summed E-state index contributed by atoms with van der Waals surface area (Å²) in [6.45, 7) is 1.16. The first-order valence-corrected chi connectivity index (χ1v) is 8.58. The van der Waals surface area contributed by atoms with Crippen LogP contribution < -0.4 is 10.1 Å². The van der Waals surface area contributed by atoms with Crippen molar-refractivity contribution >= 4 is 34.0 Å². The molecule has 0 saturated heterocycles. The van der Waals surface area contributed by atoms with Gasteiger partial charge in [0.2, 0.25) is 11.0 Å². The number of ether oxygens (including phenoxy) is 1. The molecule has 0 bridgehead atoms. The van der Waals surface area contributed by atoms with Gasteiger partial charge in [0.25, 0.3) is 5.91 Å². The van der Waals surface area contributed by atoms with Gasteiger partial charge in [-0.25, -0.2) is 0 Å². The van der Waals surface area contributed by atoms with Gasteiger partial charge in [-0.1, -0.05) is 35.1 Å². The Labute approximate surface area is 159 Å². The Bertz CT molecular complexity index is 973. The summed E-state index contributed by atoms with van der Waals surface area (Å²) in [5.74, 6) is -0.884. The summed E-state index contributed by atoms with van der Waals surface area (Å²) in [7, 11) is 0. The Hall–Kier alpha value is -2.66. The van der Waals surface area contributed by atoms with Crippen LogP contribution in [0.1, 0.15) is 10.7 Å². The third-order valence-electron chi connectivity index (χ3n) is 3.17. The molecule has 12 heteroatoms. The molecule has 0 aliphatic heterocycles. The fraction of sp³-hybridized carbons (Fsp3) is 0.200. The third-order valence-corrected chi connectivity index (χ3v) is 4.25. The third kappa shape index (κ3) is 4.55. The molecule has 3 rings (SSSR count). The number of hydrogen-bond acceptors (Lipinski definition) is 6. The molecule has 142 valence electrons. The molecule has 0 unspecified atom stereocenters. The number of hydrogen-bond donors (Lipinski definition) is 1. The number of carbonyl (C=O) groups excluding carboxylic acids is 1. The van der Waals surface area contributed by atoms with Crippen LogP contribution in [0.3, 0.4) is 0 Å². The molecule has 1 N–H and O–H groups in total. The standard InChI is InChI=1S/C15H11ClF3N5O2S/c1-8-21-22-14(27-8)20-12(25)7-26-13-6-11(15(17,18)19)23-24(13)10-5-3-2-4-9(10)16/h2-6H,7H2,1H3,(H,20,22,25). The lowest BCUT2D eigenvalue weighted by Crippen LogP contribution is -2.21. The molecule has 27 heavy (non-hydrogen) atoms. The van der Waals surface area contributed by atoms with Crippen molar-refractivity contribution in [1.82, 2.24) is 20.0 Å². The molecule has 0 radical (unpaired) electrons. The van der Waals surface area contributed by atoms with Gasteiger partial charge in [0.05, 0.1) is 10.7 Å². The summed E-state index contributed by atoms with van der Waals surface area (Å²) in [5, 5.41) is 14.5. The van der Waals surface area contributed by atoms with E-state index < -0.39 is 24.4 Å². The SMILES string of the molecule is Cc1nnc(NC(=O)COc2cc(C(F)(F)F)nn2-c2ccccc2Cl)s1. The number of benzene rings is 1. The summed E-state index contributed by atoms with van der Waals surface area (Å²) in [6.07, 6.45) is -4.68. The van der Waals surface area contributed by atoms with Crippen LogP contribution in [0.4, 0.5) is 18.3 Å². The van der Waals surface area contributed by atoms with Crippen LogP contribution in [-0.2, 0) is 11.0 Å². The maximum atomic E-state index is 13.0. The van der Waals surface area contributed by atoms with Crippen LogP contribution in [0, 0.1) is 6.92 Å². The van der Waals surface area contributed by atoms with Gasteiger partial charge in [-0.2, -0.15) is 23.0 Å². The highest BCUT2D eigenvalue weighted by Gasteiger charge is 2.36. The number of aryl methyl sites for hydroxylation is 1. The number of amides is 1. The van der Waals surface area contributed by atoms with E-state index in [0.717, 1.165) is 16.0 Å². The molecule has 1 amide bonds. The number of nitrogens with one attached hydrogen (secondary N) is 1. The van der Waals surface area contributed by atoms with Crippen LogP contribution in [-0.4, -0.2) is 32.5 Å². The van der Waals surface area contributed by atoms with E-state index in [9.17, 15) is 18.0 Å². The quantitative estimate of drug-likeness (QED) is 0.684. The molecule has 0 spiro atoms. The molecule has 0 atom stereocenters. The lowest BCUT2D eigenvalue weighted by molar-refractivity contribution is -0.141. The first kappa shape index (κ1) is 19.1. The topological polar surface area (TPSA) is 81.9 Å². The summed E-state index contributed by atoms with van der Waals surface area (Å²) in [4.78, 5) is 11.9. The largest absolute Gasteiger partial charge is 0.467 e. The van der Waals surface area contributed by atoms with Gasteiger partial charge in [-0.05, 0) is 19.1 Å². The van der Waals surface area contributed by atoms with E-state index in [0.29, 0.717) is 11.1 Å². The lowest BCUT2D eigenvalue weighted by atomic mass is 10.3. The number of carbonyl (C=O) groups is 1. The van der Waals surface area contributed by atoms with E-state index in [4.69, 9.17) is 16.3 Å². The Morgan fingerprint density at radius 1 is 1.33 bits per heavy atom. The Kier molecular flexibility index (Phi) is 5.33. The second kappa shape index (κ2) is 7.53. The van der Waals surface area contributed by atoms with Crippen LogP contribution in [0.5, 0.6) is 5.88 Å². The highest BCUT2D eigenvalue weighted by Crippen LogP contribution is 2.33. The highest BCUT2D eigenvalue weighted by molar-refractivity contribution is 7.15. The molecule has 0 fully saturated rings. The maximum Gasteiger partial charge on any atom is 0.435 e. The number of aromatic nitrogens is 4. The van der Waals surface area contributed by atoms with Crippen LogP contribution in [0.2, 0.25) is 5.02 Å². The fourth-order valence-corrected chi connectivity index (χ4v) is 2.87. The highest BCUT2D eigenvalue weighted by atomic mass is 35.5. The second-order valence-corrected chi connectivity index (χ2v) is 6.78. The molecule has 2 aromatic heterocycles. The molecule has 1 aromatic carbocycles. The number of halogens is 4. The first-order chi connectivity index (χ1) is 12.7. The summed E-state index contributed by atoms with van der Waals surface area (Å²) < 4.78 is 45.2. The number of nitrogens with zero attached hydrogens (tertiary/aromatic N) is 4. The summed E-state index contributed by atoms with van der Waals surface area (Å²) in [5.41, 5.74) is -0.984. The molecule has 0 saturated carbocycles. The predicted molar refractivity (Wildman–Crippen MR) is 92.3 cm³/mol. The fourth-order valence-electron chi connectivity index (χ4n) is 2.04. The van der Waals surface area contributed by atoms with Crippen molar-refractivity contribution in [2.75, 3.05) is 11.9 Å². The van der Waals surface area contributed by atoms with Gasteiger partial charge in [0, 0.05) is 6.07 Å². The molecule has 0 aliphatic carbocycles. The van der Waals surface area contributed by atoms with E-state index in [-0.39, 0.29) is 21.7 Å². The van der Waals surface area contributed by atoms with Crippen molar-refractivity contribution in [3.63, 3.8) is 0 Å². The number of anilines is 1. The van der Waals surface area contributed by atoms with Crippen molar-refractivity contribution in [2.45, 2.75) is 13.1 Å². The lowest BCUT2D eigenvalue weighted by Gasteiger charge is -2.10. The Morgan fingerprint density at radius 2 is 2.07 bits per heavy atom. The van der Waals surface area contributed by atoms with Crippen molar-refractivity contribution < 1.29 is 22.7 Å². The maximum absolute atomic E-state index is 13.0. The van der Waals surface area contributed by atoms with Gasteiger partial charge < -0.3 is 4.74 Å². The average Bonchev–Trinajstić information content (AvgIpc) is 3.19. The molecule has 2 heterocycles. The molecule has 7 nitrogen and oxygen atoms in total. The van der Waals surface area contributed by atoms with E-state index >= 15 is 0 Å². The minimum Gasteiger partial charge on any atom is -0.467 e.